The number of hydrogen-bond acceptors (Lipinski definition) is 7. The van der Waals surface area contributed by atoms with Gasteiger partial charge >= 0.3 is 6.03 Å². The fourth-order valence-corrected chi connectivity index (χ4v) is 5.35. The first kappa shape index (κ1) is 29.4. The van der Waals surface area contributed by atoms with Crippen molar-refractivity contribution in [2.45, 2.75) is 58.1 Å². The quantitative estimate of drug-likeness (QED) is 0.230. The average Bonchev–Trinajstić information content (AvgIpc) is 3.07. The summed E-state index contributed by atoms with van der Waals surface area (Å²) in [6.45, 7) is 7.76. The molecule has 1 aliphatic heterocycles. The number of nitrogens with zero attached hydrogens (tertiary/aromatic N) is 3. The summed E-state index contributed by atoms with van der Waals surface area (Å²) in [7, 11) is 1.62. The molecule has 0 bridgehead atoms. The highest BCUT2D eigenvalue weighted by atomic mass is 19.1. The maximum atomic E-state index is 15.5. The SMILES string of the molecule is COCc1c(-c2ccc(NC(=O)Nc3cccc(C(C)(C)C)c3)c(F)c2)c2c(N)ncnn2c1CC1CCCOCN1. The lowest BCUT2D eigenvalue weighted by Crippen LogP contribution is -2.31. The number of carbonyl (C=O) groups excluding carboxylic acids is 1. The maximum absolute atomic E-state index is 15.5. The van der Waals surface area contributed by atoms with Crippen molar-refractivity contribution in [1.82, 2.24) is 19.9 Å². The van der Waals surface area contributed by atoms with Gasteiger partial charge in [0.05, 0.1) is 24.7 Å². The van der Waals surface area contributed by atoms with Crippen molar-refractivity contribution < 1.29 is 18.7 Å². The number of aromatic nitrogens is 3. The van der Waals surface area contributed by atoms with E-state index in [1.54, 1.807) is 29.8 Å². The van der Waals surface area contributed by atoms with E-state index in [-0.39, 0.29) is 29.6 Å². The average molecular weight is 576 g/mol. The van der Waals surface area contributed by atoms with E-state index < -0.39 is 11.8 Å². The van der Waals surface area contributed by atoms with Crippen LogP contribution >= 0.6 is 0 Å². The maximum Gasteiger partial charge on any atom is 0.323 e. The third-order valence-corrected chi connectivity index (χ3v) is 7.50. The molecular formula is C31H38FN7O3. The Kier molecular flexibility index (Phi) is 8.72. The zero-order valence-electron chi connectivity index (χ0n) is 24.5. The smallest absolute Gasteiger partial charge is 0.323 e. The highest BCUT2D eigenvalue weighted by molar-refractivity contribution is 6.00. The first-order valence-corrected chi connectivity index (χ1v) is 14.1. The van der Waals surface area contributed by atoms with Crippen molar-refractivity contribution in [2.24, 2.45) is 0 Å². The molecule has 4 aromatic rings. The van der Waals surface area contributed by atoms with Gasteiger partial charge in [0.1, 0.15) is 17.7 Å². The monoisotopic (exact) mass is 575 g/mol. The number of hydrogen-bond donors (Lipinski definition) is 4. The van der Waals surface area contributed by atoms with Crippen LogP contribution in [0.1, 0.15) is 50.4 Å². The summed E-state index contributed by atoms with van der Waals surface area (Å²) in [5, 5.41) is 13.4. The number of fused-ring (bicyclic) bond motifs is 1. The Balaban J connectivity index is 1.46. The van der Waals surface area contributed by atoms with E-state index in [1.165, 1.54) is 12.4 Å². The summed E-state index contributed by atoms with van der Waals surface area (Å²) >= 11 is 0. The van der Waals surface area contributed by atoms with Gasteiger partial charge in [0, 0.05) is 43.0 Å². The molecule has 222 valence electrons. The number of amides is 2. The molecule has 11 heteroatoms. The predicted octanol–water partition coefficient (Wildman–Crippen LogP) is 5.47. The van der Waals surface area contributed by atoms with E-state index in [9.17, 15) is 4.79 Å². The fourth-order valence-electron chi connectivity index (χ4n) is 5.35. The summed E-state index contributed by atoms with van der Waals surface area (Å²) in [4.78, 5) is 17.0. The number of benzene rings is 2. The number of halogens is 1. The second kappa shape index (κ2) is 12.4. The molecule has 0 spiro atoms. The Hall–Kier alpha value is -4.06. The summed E-state index contributed by atoms with van der Waals surface area (Å²) < 4.78 is 28.5. The van der Waals surface area contributed by atoms with E-state index in [1.807, 2.05) is 18.2 Å². The zero-order chi connectivity index (χ0) is 29.9. The van der Waals surface area contributed by atoms with Crippen molar-refractivity contribution in [2.75, 3.05) is 36.8 Å². The number of ether oxygens (including phenoxy) is 2. The molecule has 1 unspecified atom stereocenters. The van der Waals surface area contributed by atoms with Gasteiger partial charge in [0.2, 0.25) is 0 Å². The van der Waals surface area contributed by atoms with Gasteiger partial charge < -0.3 is 25.8 Å². The van der Waals surface area contributed by atoms with Crippen LogP contribution in [-0.2, 0) is 27.9 Å². The minimum atomic E-state index is -0.589. The van der Waals surface area contributed by atoms with E-state index in [4.69, 9.17) is 15.2 Å². The zero-order valence-corrected chi connectivity index (χ0v) is 24.5. The molecule has 5 rings (SSSR count). The Bertz CT molecular complexity index is 1570. The molecule has 1 aliphatic rings. The standard InChI is InChI=1S/C31H38FN7O3/c1-31(2,3)20-7-5-8-22(14-20)37-30(40)38-25-11-10-19(13-24(25)32)27-23(16-41-4)26(15-21-9-6-12-42-18-35-21)39-28(27)29(33)34-17-36-39/h5,7-8,10-11,13-14,17,21,35H,6,9,12,15-16,18H2,1-4H3,(H2,33,34,36)(H2,37,38,40). The molecule has 0 aliphatic carbocycles. The Labute approximate surface area is 244 Å². The molecule has 2 aromatic heterocycles. The molecule has 1 saturated heterocycles. The van der Waals surface area contributed by atoms with Crippen molar-refractivity contribution in [1.29, 1.82) is 0 Å². The number of methoxy groups -OCH3 is 1. The molecule has 3 heterocycles. The Morgan fingerprint density at radius 2 is 2.07 bits per heavy atom. The van der Waals surface area contributed by atoms with Gasteiger partial charge in [0.15, 0.2) is 5.82 Å². The number of nitrogens with one attached hydrogen (secondary N) is 3. The van der Waals surface area contributed by atoms with Crippen molar-refractivity contribution in [3.8, 4) is 11.1 Å². The molecule has 2 aromatic carbocycles. The number of rotatable bonds is 7. The number of nitrogen functional groups attached to an aromatic ring is 1. The van der Waals surface area contributed by atoms with E-state index in [0.29, 0.717) is 42.1 Å². The molecule has 1 fully saturated rings. The number of urea groups is 1. The van der Waals surface area contributed by atoms with Crippen LogP contribution in [0, 0.1) is 5.82 Å². The molecule has 0 saturated carbocycles. The van der Waals surface area contributed by atoms with Crippen LogP contribution in [0.2, 0.25) is 0 Å². The Morgan fingerprint density at radius 1 is 1.24 bits per heavy atom. The van der Waals surface area contributed by atoms with E-state index >= 15 is 4.39 Å². The molecule has 2 amide bonds. The normalized spacial score (nSPS) is 15.9. The number of nitrogens with two attached hydrogens (primary N) is 1. The lowest BCUT2D eigenvalue weighted by molar-refractivity contribution is 0.128. The van der Waals surface area contributed by atoms with E-state index in [2.05, 4.69) is 46.8 Å². The van der Waals surface area contributed by atoms with Gasteiger partial charge in [-0.25, -0.2) is 18.7 Å². The molecule has 5 N–H and O–H groups in total. The van der Waals surface area contributed by atoms with Crippen LogP contribution in [0.15, 0.2) is 48.8 Å². The first-order chi connectivity index (χ1) is 20.2. The lowest BCUT2D eigenvalue weighted by Gasteiger charge is -2.20. The number of anilines is 3. The number of carbonyl (C=O) groups is 1. The highest BCUT2D eigenvalue weighted by Crippen LogP contribution is 2.38. The minimum absolute atomic E-state index is 0.0483. The van der Waals surface area contributed by atoms with Gasteiger partial charge in [-0.1, -0.05) is 39.0 Å². The molecule has 10 nitrogen and oxygen atoms in total. The third kappa shape index (κ3) is 6.38. The van der Waals surface area contributed by atoms with Crippen LogP contribution < -0.4 is 21.7 Å². The van der Waals surface area contributed by atoms with Crippen molar-refractivity contribution >= 4 is 28.7 Å². The van der Waals surface area contributed by atoms with Gasteiger partial charge in [-0.05, 0) is 53.6 Å². The minimum Gasteiger partial charge on any atom is -0.382 e. The largest absolute Gasteiger partial charge is 0.382 e. The highest BCUT2D eigenvalue weighted by Gasteiger charge is 2.26. The van der Waals surface area contributed by atoms with Gasteiger partial charge in [0.25, 0.3) is 0 Å². The molecule has 1 atom stereocenters. The van der Waals surface area contributed by atoms with Crippen LogP contribution in [0.5, 0.6) is 0 Å². The second-order valence-electron chi connectivity index (χ2n) is 11.5. The van der Waals surface area contributed by atoms with Gasteiger partial charge in [-0.3, -0.25) is 5.32 Å². The first-order valence-electron chi connectivity index (χ1n) is 14.1. The van der Waals surface area contributed by atoms with Crippen LogP contribution in [0.3, 0.4) is 0 Å². The van der Waals surface area contributed by atoms with Gasteiger partial charge in [-0.15, -0.1) is 0 Å². The lowest BCUT2D eigenvalue weighted by atomic mass is 9.87. The molecule has 42 heavy (non-hydrogen) atoms. The molecule has 0 radical (unpaired) electrons. The summed E-state index contributed by atoms with van der Waals surface area (Å²) in [6.07, 6.45) is 3.95. The van der Waals surface area contributed by atoms with Crippen molar-refractivity contribution in [3.63, 3.8) is 0 Å². The van der Waals surface area contributed by atoms with E-state index in [0.717, 1.165) is 29.7 Å². The fraction of sp³-hybridized carbons (Fsp3) is 0.387. The van der Waals surface area contributed by atoms with Crippen LogP contribution in [-0.4, -0.2) is 47.1 Å². The predicted molar refractivity (Wildman–Crippen MR) is 162 cm³/mol. The summed E-state index contributed by atoms with van der Waals surface area (Å²) in [6, 6.07) is 11.9. The summed E-state index contributed by atoms with van der Waals surface area (Å²) in [5.41, 5.74) is 11.7. The van der Waals surface area contributed by atoms with Crippen LogP contribution in [0.25, 0.3) is 16.6 Å². The summed E-state index contributed by atoms with van der Waals surface area (Å²) in [5.74, 6) is -0.311. The third-order valence-electron chi connectivity index (χ3n) is 7.50. The van der Waals surface area contributed by atoms with Gasteiger partial charge in [-0.2, -0.15) is 5.10 Å². The second-order valence-corrected chi connectivity index (χ2v) is 11.5. The Morgan fingerprint density at radius 3 is 2.83 bits per heavy atom. The van der Waals surface area contributed by atoms with Crippen molar-refractivity contribution in [3.05, 3.63) is 71.4 Å². The van der Waals surface area contributed by atoms with Crippen LogP contribution in [0.4, 0.5) is 26.4 Å². The topological polar surface area (TPSA) is 128 Å². The molecular weight excluding hydrogens is 537 g/mol.